The average molecular weight is 335 g/mol. The van der Waals surface area contributed by atoms with Gasteiger partial charge >= 0.3 is 12.1 Å². The summed E-state index contributed by atoms with van der Waals surface area (Å²) in [4.78, 5) is 0. The molecule has 0 bridgehead atoms. The molecule has 1 rings (SSSR count). The molecule has 1 atom stereocenters. The quantitative estimate of drug-likeness (QED) is 0.854. The molecule has 0 aliphatic carbocycles. The van der Waals surface area contributed by atoms with E-state index in [2.05, 4.69) is 15.9 Å². The molecule has 0 fully saturated rings. The Morgan fingerprint density at radius 3 is 2.17 bits per heavy atom. The largest absolute Gasteiger partial charge is 0.497 e. The van der Waals surface area contributed by atoms with E-state index < -0.39 is 23.8 Å². The van der Waals surface area contributed by atoms with Gasteiger partial charge in [0.1, 0.15) is 5.75 Å². The van der Waals surface area contributed by atoms with Crippen molar-refractivity contribution in [2.45, 2.75) is 18.2 Å². The zero-order chi connectivity index (χ0) is 14.1. The molecule has 0 saturated carbocycles. The monoisotopic (exact) mass is 334 g/mol. The first-order valence-corrected chi connectivity index (χ1v) is 5.36. The Morgan fingerprint density at radius 2 is 1.78 bits per heavy atom. The summed E-state index contributed by atoms with van der Waals surface area (Å²) in [7, 11) is 1.31. The van der Waals surface area contributed by atoms with Crippen molar-refractivity contribution < 1.29 is 31.8 Å². The predicted octanol–water partition coefficient (Wildman–Crippen LogP) is 3.69. The lowest BCUT2D eigenvalue weighted by atomic mass is 10.0. The maximum absolute atomic E-state index is 12.9. The number of hydrogen-bond donors (Lipinski definition) is 1. The summed E-state index contributed by atoms with van der Waals surface area (Å²) >= 11 is 2.81. The second-order valence-electron chi connectivity index (χ2n) is 3.41. The van der Waals surface area contributed by atoms with Crippen molar-refractivity contribution in [3.8, 4) is 5.75 Å². The van der Waals surface area contributed by atoms with E-state index in [1.54, 1.807) is 0 Å². The summed E-state index contributed by atoms with van der Waals surface area (Å²) in [6.45, 7) is 0. The molecule has 0 saturated heterocycles. The van der Waals surface area contributed by atoms with Gasteiger partial charge in [-0.1, -0.05) is 22.0 Å². The first kappa shape index (κ1) is 15.2. The lowest BCUT2D eigenvalue weighted by molar-refractivity contribution is -0.315. The number of halogens is 6. The van der Waals surface area contributed by atoms with Gasteiger partial charge in [-0.2, -0.15) is 22.0 Å². The van der Waals surface area contributed by atoms with Gasteiger partial charge in [-0.05, 0) is 12.1 Å². The maximum atomic E-state index is 12.9. The van der Waals surface area contributed by atoms with Crippen LogP contribution in [0.4, 0.5) is 22.0 Å². The van der Waals surface area contributed by atoms with E-state index in [0.29, 0.717) is 0 Å². The second kappa shape index (κ2) is 5.00. The first-order chi connectivity index (χ1) is 8.11. The third-order valence-electron chi connectivity index (χ3n) is 2.22. The molecule has 1 unspecified atom stereocenters. The molecule has 1 aromatic rings. The third kappa shape index (κ3) is 2.74. The highest BCUT2D eigenvalue weighted by Gasteiger charge is 2.62. The Labute approximate surface area is 107 Å². The summed E-state index contributed by atoms with van der Waals surface area (Å²) in [6, 6.07) is 3.30. The fourth-order valence-corrected chi connectivity index (χ4v) is 1.78. The molecular formula is C10H8BrF5O2. The highest BCUT2D eigenvalue weighted by Crippen LogP contribution is 2.46. The lowest BCUT2D eigenvalue weighted by Crippen LogP contribution is -2.42. The molecule has 0 amide bonds. The second-order valence-corrected chi connectivity index (χ2v) is 4.27. The van der Waals surface area contributed by atoms with E-state index in [4.69, 9.17) is 4.74 Å². The van der Waals surface area contributed by atoms with Crippen molar-refractivity contribution in [1.29, 1.82) is 0 Å². The van der Waals surface area contributed by atoms with E-state index in [0.717, 1.165) is 6.07 Å². The summed E-state index contributed by atoms with van der Waals surface area (Å²) in [6.07, 6.45) is -8.82. The van der Waals surface area contributed by atoms with Crippen LogP contribution in [0.1, 0.15) is 11.7 Å². The molecule has 0 heterocycles. The Kier molecular flexibility index (Phi) is 4.22. The molecule has 1 aromatic carbocycles. The van der Waals surface area contributed by atoms with Gasteiger partial charge in [0.2, 0.25) is 0 Å². The minimum absolute atomic E-state index is 0.0988. The molecule has 2 nitrogen and oxygen atoms in total. The molecule has 0 aromatic heterocycles. The fourth-order valence-electron chi connectivity index (χ4n) is 1.21. The van der Waals surface area contributed by atoms with Crippen LogP contribution in [-0.4, -0.2) is 24.3 Å². The van der Waals surface area contributed by atoms with E-state index in [1.807, 2.05) is 0 Å². The Balaban J connectivity index is 3.15. The SMILES string of the molecule is COc1ccc(C(O)C(F)(F)C(F)(F)F)c(Br)c1. The van der Waals surface area contributed by atoms with E-state index in [-0.39, 0.29) is 10.2 Å². The Morgan fingerprint density at radius 1 is 1.22 bits per heavy atom. The van der Waals surface area contributed by atoms with Gasteiger partial charge in [-0.3, -0.25) is 0 Å². The Bertz CT molecular complexity index is 433. The lowest BCUT2D eigenvalue weighted by Gasteiger charge is -2.25. The summed E-state index contributed by atoms with van der Waals surface area (Å²) in [5.41, 5.74) is -0.571. The van der Waals surface area contributed by atoms with Crippen molar-refractivity contribution in [1.82, 2.24) is 0 Å². The van der Waals surface area contributed by atoms with Crippen LogP contribution in [0.3, 0.4) is 0 Å². The van der Waals surface area contributed by atoms with Crippen LogP contribution in [0.2, 0.25) is 0 Å². The van der Waals surface area contributed by atoms with Gasteiger partial charge < -0.3 is 9.84 Å². The Hall–Kier alpha value is -0.890. The number of ether oxygens (including phenoxy) is 1. The highest BCUT2D eigenvalue weighted by atomic mass is 79.9. The van der Waals surface area contributed by atoms with Crippen LogP contribution in [-0.2, 0) is 0 Å². The molecule has 0 aliphatic rings. The molecule has 102 valence electrons. The molecule has 0 spiro atoms. The minimum Gasteiger partial charge on any atom is -0.497 e. The van der Waals surface area contributed by atoms with Crippen molar-refractivity contribution in [2.75, 3.05) is 7.11 Å². The van der Waals surface area contributed by atoms with E-state index in [9.17, 15) is 27.1 Å². The minimum atomic E-state index is -5.83. The van der Waals surface area contributed by atoms with Crippen molar-refractivity contribution in [2.24, 2.45) is 0 Å². The summed E-state index contributed by atoms with van der Waals surface area (Å²) in [5.74, 6) is -4.97. The van der Waals surface area contributed by atoms with Crippen molar-refractivity contribution in [3.05, 3.63) is 28.2 Å². The standard InChI is InChI=1S/C10H8BrF5O2/c1-18-5-2-3-6(7(11)4-5)8(17)9(12,13)10(14,15)16/h2-4,8,17H,1H3. The summed E-state index contributed by atoms with van der Waals surface area (Å²) in [5, 5.41) is 9.19. The highest BCUT2D eigenvalue weighted by molar-refractivity contribution is 9.10. The first-order valence-electron chi connectivity index (χ1n) is 4.57. The van der Waals surface area contributed by atoms with Crippen LogP contribution in [0, 0.1) is 0 Å². The molecule has 8 heteroatoms. The fraction of sp³-hybridized carbons (Fsp3) is 0.400. The average Bonchev–Trinajstić information content (AvgIpc) is 2.26. The van der Waals surface area contributed by atoms with Gasteiger partial charge in [-0.15, -0.1) is 0 Å². The molecular weight excluding hydrogens is 327 g/mol. The number of alkyl halides is 5. The third-order valence-corrected chi connectivity index (χ3v) is 2.91. The van der Waals surface area contributed by atoms with Crippen LogP contribution in [0.15, 0.2) is 22.7 Å². The number of aliphatic hydroxyl groups is 1. The van der Waals surface area contributed by atoms with Gasteiger partial charge in [0.15, 0.2) is 6.10 Å². The smallest absolute Gasteiger partial charge is 0.456 e. The van der Waals surface area contributed by atoms with Gasteiger partial charge in [0.05, 0.1) is 7.11 Å². The van der Waals surface area contributed by atoms with Crippen LogP contribution < -0.4 is 4.74 Å². The molecule has 1 N–H and O–H groups in total. The topological polar surface area (TPSA) is 29.5 Å². The normalized spacial score (nSPS) is 14.4. The number of benzene rings is 1. The number of aliphatic hydroxyl groups excluding tert-OH is 1. The zero-order valence-corrected chi connectivity index (χ0v) is 10.5. The molecule has 0 radical (unpaired) electrons. The zero-order valence-electron chi connectivity index (χ0n) is 8.93. The van der Waals surface area contributed by atoms with Crippen LogP contribution in [0.25, 0.3) is 0 Å². The van der Waals surface area contributed by atoms with Crippen molar-refractivity contribution in [3.63, 3.8) is 0 Å². The molecule has 0 aliphatic heterocycles. The van der Waals surface area contributed by atoms with E-state index >= 15 is 0 Å². The molecule has 18 heavy (non-hydrogen) atoms. The van der Waals surface area contributed by atoms with Gasteiger partial charge in [0, 0.05) is 10.0 Å². The summed E-state index contributed by atoms with van der Waals surface area (Å²) < 4.78 is 66.8. The van der Waals surface area contributed by atoms with Gasteiger partial charge in [-0.25, -0.2) is 0 Å². The number of hydrogen-bond acceptors (Lipinski definition) is 2. The van der Waals surface area contributed by atoms with Gasteiger partial charge in [0.25, 0.3) is 0 Å². The predicted molar refractivity (Wildman–Crippen MR) is 56.7 cm³/mol. The van der Waals surface area contributed by atoms with E-state index in [1.165, 1.54) is 19.2 Å². The van der Waals surface area contributed by atoms with Crippen molar-refractivity contribution >= 4 is 15.9 Å². The van der Waals surface area contributed by atoms with Crippen LogP contribution in [0.5, 0.6) is 5.75 Å². The number of rotatable bonds is 3. The van der Waals surface area contributed by atoms with Crippen LogP contribution >= 0.6 is 15.9 Å². The number of methoxy groups -OCH3 is 1. The maximum Gasteiger partial charge on any atom is 0.456 e.